The van der Waals surface area contributed by atoms with Crippen molar-refractivity contribution in [1.82, 2.24) is 24.1 Å². The van der Waals surface area contributed by atoms with Gasteiger partial charge < -0.3 is 9.30 Å². The molecule has 4 heterocycles. The number of hydrogen-bond donors (Lipinski definition) is 1. The summed E-state index contributed by atoms with van der Waals surface area (Å²) >= 11 is 0. The molecule has 37 heavy (non-hydrogen) atoms. The highest BCUT2D eigenvalue weighted by molar-refractivity contribution is 5.97. The monoisotopic (exact) mass is 493 g/mol. The summed E-state index contributed by atoms with van der Waals surface area (Å²) in [6.07, 6.45) is 7.88. The highest BCUT2D eigenvalue weighted by Crippen LogP contribution is 2.27. The maximum atomic E-state index is 13.2. The number of fused-ring (bicyclic) bond motifs is 2. The van der Waals surface area contributed by atoms with Crippen LogP contribution in [0.2, 0.25) is 0 Å². The smallest absolute Gasteiger partial charge is 0.327 e. The minimum Gasteiger partial charge on any atom is -0.497 e. The summed E-state index contributed by atoms with van der Waals surface area (Å²) < 4.78 is 9.16. The Hall–Kier alpha value is -4.46. The fourth-order valence-corrected chi connectivity index (χ4v) is 5.14. The molecule has 6 rings (SSSR count). The molecule has 0 spiro atoms. The lowest BCUT2D eigenvalue weighted by molar-refractivity contribution is 0.0953. The van der Waals surface area contributed by atoms with E-state index in [1.165, 1.54) is 0 Å². The number of H-pyrrole nitrogens is 1. The molecule has 0 saturated carbocycles. The number of aromatic nitrogens is 5. The Labute approximate surface area is 213 Å². The van der Waals surface area contributed by atoms with Crippen LogP contribution < -0.4 is 10.4 Å². The lowest BCUT2D eigenvalue weighted by Crippen LogP contribution is -2.21. The number of ketones is 1. The lowest BCUT2D eigenvalue weighted by atomic mass is 9.90. The first-order chi connectivity index (χ1) is 18.1. The van der Waals surface area contributed by atoms with E-state index in [1.807, 2.05) is 67.0 Å². The van der Waals surface area contributed by atoms with Gasteiger partial charge in [0.05, 0.1) is 19.2 Å². The predicted molar refractivity (Wildman–Crippen MR) is 141 cm³/mol. The number of carbonyl (C=O) groups is 1. The third-order valence-electron chi connectivity index (χ3n) is 7.15. The molecule has 5 aromatic rings. The number of nitrogens with one attached hydrogen (secondary N) is 1. The van der Waals surface area contributed by atoms with Gasteiger partial charge in [-0.15, -0.1) is 0 Å². The van der Waals surface area contributed by atoms with Gasteiger partial charge in [0.2, 0.25) is 0 Å². The van der Waals surface area contributed by atoms with E-state index < -0.39 is 0 Å². The van der Waals surface area contributed by atoms with Gasteiger partial charge in [-0.05, 0) is 47.7 Å². The highest BCUT2D eigenvalue weighted by Gasteiger charge is 2.22. The summed E-state index contributed by atoms with van der Waals surface area (Å²) in [5.74, 6) is 2.24. The average Bonchev–Trinajstić information content (AvgIpc) is 3.52. The number of rotatable bonds is 7. The Bertz CT molecular complexity index is 1660. The minimum absolute atomic E-state index is 0.137. The number of imidazole rings is 2. The molecule has 0 saturated heterocycles. The summed E-state index contributed by atoms with van der Waals surface area (Å²) in [6.45, 7) is 1.30. The van der Waals surface area contributed by atoms with Crippen molar-refractivity contribution in [3.63, 3.8) is 0 Å². The lowest BCUT2D eigenvalue weighted by Gasteiger charge is -2.22. The van der Waals surface area contributed by atoms with Gasteiger partial charge in [0.15, 0.2) is 11.4 Å². The first-order valence-electron chi connectivity index (χ1n) is 12.4. The molecule has 0 bridgehead atoms. The van der Waals surface area contributed by atoms with Crippen LogP contribution in [0, 0.1) is 5.92 Å². The summed E-state index contributed by atoms with van der Waals surface area (Å²) in [4.78, 5) is 37.7. The topological polar surface area (TPSA) is 94.8 Å². The van der Waals surface area contributed by atoms with Crippen LogP contribution in [0.25, 0.3) is 22.3 Å². The first kappa shape index (κ1) is 23.0. The number of hydrogen-bond acceptors (Lipinski definition) is 5. The van der Waals surface area contributed by atoms with E-state index in [2.05, 4.69) is 19.5 Å². The van der Waals surface area contributed by atoms with E-state index in [-0.39, 0.29) is 11.5 Å². The number of pyridine rings is 1. The zero-order valence-corrected chi connectivity index (χ0v) is 20.6. The Morgan fingerprint density at radius 3 is 2.89 bits per heavy atom. The second-order valence-electron chi connectivity index (χ2n) is 9.56. The Morgan fingerprint density at radius 2 is 2.00 bits per heavy atom. The van der Waals surface area contributed by atoms with Crippen molar-refractivity contribution in [2.24, 2.45) is 5.92 Å². The summed E-state index contributed by atoms with van der Waals surface area (Å²) in [5, 5.41) is 0. The molecule has 2 aromatic carbocycles. The molecular weight excluding hydrogens is 466 g/mol. The number of nitrogens with zero attached hydrogens (tertiary/aromatic N) is 4. The van der Waals surface area contributed by atoms with Gasteiger partial charge in [-0.2, -0.15) is 0 Å². The number of methoxy groups -OCH3 is 1. The fourth-order valence-electron chi connectivity index (χ4n) is 5.14. The highest BCUT2D eigenvalue weighted by atomic mass is 16.5. The third-order valence-corrected chi connectivity index (χ3v) is 7.15. The molecule has 0 amide bonds. The standard InChI is InChI=1S/C29H27N5O3/c1-37-24-7-2-4-20(12-24)18-34-25-16-23(17-31-28(25)32-29(34)36)21-5-3-6-22(15-21)26(35)13-19-8-10-33-11-9-30-27(33)14-19/h2-7,9,11-12,15-17,19H,8,10,13-14,18H2,1H3,(H,31,32,36). The molecule has 1 unspecified atom stereocenters. The van der Waals surface area contributed by atoms with Crippen molar-refractivity contribution < 1.29 is 9.53 Å². The Balaban J connectivity index is 1.26. The summed E-state index contributed by atoms with van der Waals surface area (Å²) in [7, 11) is 1.62. The van der Waals surface area contributed by atoms with Gasteiger partial charge in [0.25, 0.3) is 0 Å². The normalized spacial score (nSPS) is 15.0. The Kier molecular flexibility index (Phi) is 5.92. The van der Waals surface area contributed by atoms with Crippen LogP contribution in [-0.2, 0) is 19.5 Å². The zero-order chi connectivity index (χ0) is 25.4. The van der Waals surface area contributed by atoms with Crippen molar-refractivity contribution >= 4 is 16.9 Å². The van der Waals surface area contributed by atoms with Gasteiger partial charge in [-0.1, -0.05) is 30.3 Å². The minimum atomic E-state index is -0.223. The van der Waals surface area contributed by atoms with Crippen LogP contribution in [0.3, 0.4) is 0 Å². The van der Waals surface area contributed by atoms with E-state index in [9.17, 15) is 9.59 Å². The molecule has 1 atom stereocenters. The molecule has 8 nitrogen and oxygen atoms in total. The molecule has 1 aliphatic rings. The van der Waals surface area contributed by atoms with Crippen LogP contribution in [0.15, 0.2) is 78.0 Å². The van der Waals surface area contributed by atoms with Gasteiger partial charge in [0.1, 0.15) is 11.6 Å². The quantitative estimate of drug-likeness (QED) is 0.337. The number of ether oxygens (including phenoxy) is 1. The molecule has 0 aliphatic carbocycles. The second kappa shape index (κ2) is 9.54. The first-order valence-corrected chi connectivity index (χ1v) is 12.4. The van der Waals surface area contributed by atoms with Crippen molar-refractivity contribution in [2.75, 3.05) is 7.11 Å². The molecule has 8 heteroatoms. The van der Waals surface area contributed by atoms with Crippen LogP contribution in [0.4, 0.5) is 0 Å². The van der Waals surface area contributed by atoms with Crippen molar-refractivity contribution in [3.8, 4) is 16.9 Å². The van der Waals surface area contributed by atoms with Crippen molar-refractivity contribution in [1.29, 1.82) is 0 Å². The number of carbonyl (C=O) groups excluding carboxylic acids is 1. The molecular formula is C29H27N5O3. The maximum Gasteiger partial charge on any atom is 0.327 e. The van der Waals surface area contributed by atoms with E-state index in [1.54, 1.807) is 17.9 Å². The van der Waals surface area contributed by atoms with Crippen LogP contribution in [0.1, 0.15) is 34.6 Å². The SMILES string of the molecule is COc1cccc(Cn2c(=O)[nH]c3ncc(-c4cccc(C(=O)CC5CCn6ccnc6C5)c4)cc32)c1. The van der Waals surface area contributed by atoms with E-state index in [0.29, 0.717) is 35.6 Å². The van der Waals surface area contributed by atoms with E-state index in [0.717, 1.165) is 47.7 Å². The van der Waals surface area contributed by atoms with Crippen LogP contribution in [0.5, 0.6) is 5.75 Å². The number of aryl methyl sites for hydroxylation is 1. The van der Waals surface area contributed by atoms with E-state index >= 15 is 0 Å². The maximum absolute atomic E-state index is 13.2. The third kappa shape index (κ3) is 4.58. The van der Waals surface area contributed by atoms with Gasteiger partial charge in [-0.3, -0.25) is 14.3 Å². The molecule has 186 valence electrons. The average molecular weight is 494 g/mol. The number of Topliss-reactive ketones (excluding diaryl/α,β-unsaturated/α-hetero) is 1. The zero-order valence-electron chi connectivity index (χ0n) is 20.6. The fraction of sp³-hybridized carbons (Fsp3) is 0.241. The van der Waals surface area contributed by atoms with Crippen LogP contribution >= 0.6 is 0 Å². The summed E-state index contributed by atoms with van der Waals surface area (Å²) in [6, 6.07) is 17.3. The largest absolute Gasteiger partial charge is 0.497 e. The molecule has 3 aromatic heterocycles. The molecule has 1 aliphatic heterocycles. The van der Waals surface area contributed by atoms with E-state index in [4.69, 9.17) is 4.74 Å². The summed E-state index contributed by atoms with van der Waals surface area (Å²) in [5.41, 5.74) is 4.39. The second-order valence-corrected chi connectivity index (χ2v) is 9.56. The number of aromatic amines is 1. The van der Waals surface area contributed by atoms with Crippen molar-refractivity contribution in [3.05, 3.63) is 101 Å². The van der Waals surface area contributed by atoms with Crippen molar-refractivity contribution in [2.45, 2.75) is 32.4 Å². The number of benzene rings is 2. The van der Waals surface area contributed by atoms with Gasteiger partial charge in [-0.25, -0.2) is 14.8 Å². The molecule has 0 radical (unpaired) electrons. The van der Waals surface area contributed by atoms with Gasteiger partial charge in [0, 0.05) is 49.1 Å². The van der Waals surface area contributed by atoms with Gasteiger partial charge >= 0.3 is 5.69 Å². The predicted octanol–water partition coefficient (Wildman–Crippen LogP) is 4.48. The Morgan fingerprint density at radius 1 is 1.11 bits per heavy atom. The van der Waals surface area contributed by atoms with Crippen LogP contribution in [-0.4, -0.2) is 37.0 Å². The molecule has 0 fully saturated rings. The molecule has 1 N–H and O–H groups in total.